The molecule has 1 atom stereocenters. The van der Waals surface area contributed by atoms with Gasteiger partial charge in [0.1, 0.15) is 0 Å². The zero-order valence-corrected chi connectivity index (χ0v) is 16.6. The van der Waals surface area contributed by atoms with E-state index in [9.17, 15) is 13.2 Å². The van der Waals surface area contributed by atoms with Gasteiger partial charge in [-0.15, -0.1) is 0 Å². The summed E-state index contributed by atoms with van der Waals surface area (Å²) in [6.07, 6.45) is -2.80. The Kier molecular flexibility index (Phi) is 4.59. The molecular formula is C22H19F3N4O. The summed E-state index contributed by atoms with van der Waals surface area (Å²) in [5.74, 6) is -0.372. The maximum absolute atomic E-state index is 14.8. The smallest absolute Gasteiger partial charge is 0.361 e. The highest BCUT2D eigenvalue weighted by atomic mass is 19.4. The first-order valence-electron chi connectivity index (χ1n) is 9.39. The summed E-state index contributed by atoms with van der Waals surface area (Å²) in [5, 5.41) is 9.54. The Morgan fingerprint density at radius 3 is 2.60 bits per heavy atom. The number of halogens is 3. The van der Waals surface area contributed by atoms with E-state index >= 15 is 0 Å². The summed E-state index contributed by atoms with van der Waals surface area (Å²) in [6.45, 7) is 3.67. The lowest BCUT2D eigenvalue weighted by atomic mass is 9.83. The first-order chi connectivity index (χ1) is 14.3. The predicted octanol–water partition coefficient (Wildman–Crippen LogP) is 5.24. The van der Waals surface area contributed by atoms with Crippen LogP contribution in [0.2, 0.25) is 0 Å². The van der Waals surface area contributed by atoms with Crippen LogP contribution in [0.15, 0.2) is 36.5 Å². The third-order valence-corrected chi connectivity index (χ3v) is 5.51. The molecule has 0 aliphatic rings. The molecule has 0 bridgehead atoms. The summed E-state index contributed by atoms with van der Waals surface area (Å²) in [5.41, 5.74) is 0.182. The van der Waals surface area contributed by atoms with Crippen LogP contribution in [0.5, 0.6) is 0 Å². The number of benzene rings is 2. The summed E-state index contributed by atoms with van der Waals surface area (Å²) in [7, 11) is 1.04. The van der Waals surface area contributed by atoms with Gasteiger partial charge in [-0.25, -0.2) is 4.98 Å². The molecular weight excluding hydrogens is 393 g/mol. The standard InChI is InChI=1S/C22H19F3N4O/c1-4-14-9-12(2)19-15(7-8-27-19)18(14)21(30-3,22(23,24)25)20-28-16-6-5-13(11-26)10-17(16)29-20/h5-10,27H,4H2,1-3H3,(H,28,29). The van der Waals surface area contributed by atoms with E-state index in [0.29, 0.717) is 34.0 Å². The van der Waals surface area contributed by atoms with E-state index in [-0.39, 0.29) is 16.9 Å². The second kappa shape index (κ2) is 6.89. The molecule has 2 aromatic heterocycles. The van der Waals surface area contributed by atoms with Crippen LogP contribution in [-0.2, 0) is 16.8 Å². The van der Waals surface area contributed by atoms with E-state index < -0.39 is 11.8 Å². The number of fused-ring (bicyclic) bond motifs is 2. The van der Waals surface area contributed by atoms with E-state index in [2.05, 4.69) is 15.0 Å². The quantitative estimate of drug-likeness (QED) is 0.481. The van der Waals surface area contributed by atoms with E-state index in [1.807, 2.05) is 19.9 Å². The monoisotopic (exact) mass is 412 g/mol. The number of ether oxygens (including phenoxy) is 1. The summed E-state index contributed by atoms with van der Waals surface area (Å²) in [4.78, 5) is 10.1. The number of aryl methyl sites for hydroxylation is 2. The molecule has 8 heteroatoms. The Bertz CT molecular complexity index is 1300. The summed E-state index contributed by atoms with van der Waals surface area (Å²) < 4.78 is 49.8. The molecule has 0 amide bonds. The van der Waals surface area contributed by atoms with E-state index in [1.165, 1.54) is 12.1 Å². The molecule has 0 fully saturated rings. The van der Waals surface area contributed by atoms with E-state index in [1.54, 1.807) is 24.4 Å². The number of nitrogens with zero attached hydrogens (tertiary/aromatic N) is 2. The van der Waals surface area contributed by atoms with Gasteiger partial charge in [0, 0.05) is 29.8 Å². The lowest BCUT2D eigenvalue weighted by Gasteiger charge is -2.35. The number of imidazole rings is 1. The Labute approximate surface area is 170 Å². The topological polar surface area (TPSA) is 77.5 Å². The Balaban J connectivity index is 2.13. The van der Waals surface area contributed by atoms with Gasteiger partial charge in [-0.3, -0.25) is 0 Å². The van der Waals surface area contributed by atoms with Crippen LogP contribution in [0, 0.1) is 18.3 Å². The first kappa shape index (κ1) is 20.0. The number of H-pyrrole nitrogens is 2. The van der Waals surface area contributed by atoms with Crippen LogP contribution in [0.3, 0.4) is 0 Å². The lowest BCUT2D eigenvalue weighted by Crippen LogP contribution is -2.47. The first-order valence-corrected chi connectivity index (χ1v) is 9.39. The largest absolute Gasteiger partial charge is 0.429 e. The van der Waals surface area contributed by atoms with E-state index in [0.717, 1.165) is 12.7 Å². The minimum absolute atomic E-state index is 0.0152. The second-order valence-corrected chi connectivity index (χ2v) is 7.16. The number of rotatable bonds is 4. The molecule has 2 aromatic carbocycles. The highest BCUT2D eigenvalue weighted by molar-refractivity contribution is 5.89. The van der Waals surface area contributed by atoms with Gasteiger partial charge in [0.25, 0.3) is 0 Å². The fourth-order valence-electron chi connectivity index (χ4n) is 4.13. The Hall–Kier alpha value is -3.31. The Morgan fingerprint density at radius 2 is 1.97 bits per heavy atom. The predicted molar refractivity (Wildman–Crippen MR) is 107 cm³/mol. The molecule has 5 nitrogen and oxygen atoms in total. The Morgan fingerprint density at radius 1 is 1.20 bits per heavy atom. The lowest BCUT2D eigenvalue weighted by molar-refractivity contribution is -0.260. The summed E-state index contributed by atoms with van der Waals surface area (Å²) >= 11 is 0. The fourth-order valence-corrected chi connectivity index (χ4v) is 4.13. The van der Waals surface area contributed by atoms with Crippen molar-refractivity contribution >= 4 is 21.9 Å². The third-order valence-electron chi connectivity index (χ3n) is 5.51. The van der Waals surface area contributed by atoms with Crippen molar-refractivity contribution in [2.24, 2.45) is 0 Å². The van der Waals surface area contributed by atoms with Crippen molar-refractivity contribution in [2.45, 2.75) is 32.0 Å². The number of aromatic amines is 2. The van der Waals surface area contributed by atoms with Gasteiger partial charge < -0.3 is 14.7 Å². The van der Waals surface area contributed by atoms with Crippen LogP contribution in [-0.4, -0.2) is 28.2 Å². The van der Waals surface area contributed by atoms with Crippen molar-refractivity contribution in [3.8, 4) is 6.07 Å². The van der Waals surface area contributed by atoms with Crippen molar-refractivity contribution in [1.82, 2.24) is 15.0 Å². The van der Waals surface area contributed by atoms with Crippen LogP contribution in [0.4, 0.5) is 13.2 Å². The fraction of sp³-hybridized carbons (Fsp3) is 0.273. The number of aromatic nitrogens is 3. The van der Waals surface area contributed by atoms with Crippen LogP contribution < -0.4 is 0 Å². The molecule has 154 valence electrons. The molecule has 2 heterocycles. The zero-order valence-electron chi connectivity index (χ0n) is 16.6. The number of methoxy groups -OCH3 is 1. The van der Waals surface area contributed by atoms with Crippen LogP contribution in [0.25, 0.3) is 21.9 Å². The second-order valence-electron chi connectivity index (χ2n) is 7.16. The molecule has 0 aliphatic heterocycles. The molecule has 2 N–H and O–H groups in total. The number of nitrogens with one attached hydrogen (secondary N) is 2. The van der Waals surface area contributed by atoms with Crippen molar-refractivity contribution in [1.29, 1.82) is 5.26 Å². The maximum Gasteiger partial charge on any atom is 0.429 e. The highest BCUT2D eigenvalue weighted by Gasteiger charge is 2.61. The van der Waals surface area contributed by atoms with Gasteiger partial charge in [0.2, 0.25) is 5.60 Å². The number of hydrogen-bond acceptors (Lipinski definition) is 3. The number of alkyl halides is 3. The van der Waals surface area contributed by atoms with E-state index in [4.69, 9.17) is 10.00 Å². The molecule has 0 spiro atoms. The average Bonchev–Trinajstić information content (AvgIpc) is 3.35. The minimum atomic E-state index is -4.81. The molecule has 0 radical (unpaired) electrons. The van der Waals surface area contributed by atoms with Gasteiger partial charge >= 0.3 is 6.18 Å². The van der Waals surface area contributed by atoms with Gasteiger partial charge in [-0.2, -0.15) is 18.4 Å². The van der Waals surface area contributed by atoms with Gasteiger partial charge in [0.05, 0.1) is 22.7 Å². The highest BCUT2D eigenvalue weighted by Crippen LogP contribution is 2.50. The molecule has 0 aliphatic carbocycles. The average molecular weight is 412 g/mol. The SMILES string of the molecule is CCc1cc(C)c2[nH]ccc2c1C(OC)(c1nc2cc(C#N)ccc2[nH]1)C(F)(F)F. The summed E-state index contributed by atoms with van der Waals surface area (Å²) in [6, 6.07) is 9.89. The minimum Gasteiger partial charge on any atom is -0.361 e. The van der Waals surface area contributed by atoms with Gasteiger partial charge in [-0.05, 0) is 48.7 Å². The molecule has 0 saturated carbocycles. The van der Waals surface area contributed by atoms with Crippen molar-refractivity contribution in [3.63, 3.8) is 0 Å². The molecule has 30 heavy (non-hydrogen) atoms. The molecule has 1 unspecified atom stereocenters. The molecule has 4 rings (SSSR count). The van der Waals surface area contributed by atoms with Crippen molar-refractivity contribution < 1.29 is 17.9 Å². The zero-order chi connectivity index (χ0) is 21.7. The number of hydrogen-bond donors (Lipinski definition) is 2. The van der Waals surface area contributed by atoms with Crippen LogP contribution in [0.1, 0.15) is 35.0 Å². The van der Waals surface area contributed by atoms with Crippen molar-refractivity contribution in [2.75, 3.05) is 7.11 Å². The van der Waals surface area contributed by atoms with Gasteiger partial charge in [-0.1, -0.05) is 13.0 Å². The molecule has 4 aromatic rings. The maximum atomic E-state index is 14.8. The molecule has 0 saturated heterocycles. The number of nitriles is 1. The van der Waals surface area contributed by atoms with Crippen LogP contribution >= 0.6 is 0 Å². The van der Waals surface area contributed by atoms with Gasteiger partial charge in [0.15, 0.2) is 5.82 Å². The third kappa shape index (κ3) is 2.70. The normalized spacial score (nSPS) is 14.2. The van der Waals surface area contributed by atoms with Crippen molar-refractivity contribution in [3.05, 3.63) is 64.6 Å².